The minimum Gasteiger partial charge on any atom is -0.531 e. The van der Waals surface area contributed by atoms with Gasteiger partial charge < -0.3 is 19.6 Å². The summed E-state index contributed by atoms with van der Waals surface area (Å²) in [6, 6.07) is 9.43. The maximum absolute atomic E-state index is 13.0. The van der Waals surface area contributed by atoms with E-state index in [9.17, 15) is 9.82 Å². The van der Waals surface area contributed by atoms with E-state index in [1.807, 2.05) is 41.4 Å². The fraction of sp³-hybridized carbons (Fsp3) is 0.238. The van der Waals surface area contributed by atoms with Gasteiger partial charge >= 0.3 is 7.12 Å². The fourth-order valence-corrected chi connectivity index (χ4v) is 5.07. The van der Waals surface area contributed by atoms with E-state index in [4.69, 9.17) is 4.65 Å². The van der Waals surface area contributed by atoms with Gasteiger partial charge in [-0.15, -0.1) is 0 Å². The molecule has 2 aliphatic heterocycles. The Kier molecular flexibility index (Phi) is 3.26. The van der Waals surface area contributed by atoms with Crippen LogP contribution in [0.3, 0.4) is 0 Å². The number of hydrogen-bond acceptors (Lipinski definition) is 4. The van der Waals surface area contributed by atoms with E-state index in [2.05, 4.69) is 9.97 Å². The van der Waals surface area contributed by atoms with Crippen molar-refractivity contribution < 1.29 is 14.5 Å². The molecule has 2 N–H and O–H groups in total. The zero-order valence-corrected chi connectivity index (χ0v) is 15.1. The van der Waals surface area contributed by atoms with Crippen molar-refractivity contribution in [2.45, 2.75) is 12.3 Å². The minimum absolute atomic E-state index is 0.0622. The fourth-order valence-electron chi connectivity index (χ4n) is 5.07. The summed E-state index contributed by atoms with van der Waals surface area (Å²) < 4.78 is 5.61. The number of carbonyl (C=O) groups excluding carboxylic acids is 1. The van der Waals surface area contributed by atoms with Crippen molar-refractivity contribution >= 4 is 29.6 Å². The summed E-state index contributed by atoms with van der Waals surface area (Å²) in [5, 5.41) is 11.3. The van der Waals surface area contributed by atoms with Gasteiger partial charge in [-0.3, -0.25) is 4.79 Å². The molecule has 0 radical (unpaired) electrons. The molecule has 1 saturated heterocycles. The second-order valence-corrected chi connectivity index (χ2v) is 7.71. The van der Waals surface area contributed by atoms with E-state index in [0.717, 1.165) is 35.1 Å². The third-order valence-corrected chi connectivity index (χ3v) is 6.28. The number of fused-ring (bicyclic) bond motifs is 3. The van der Waals surface area contributed by atoms with Gasteiger partial charge in [0.25, 0.3) is 5.91 Å². The number of aromatic amines is 1. The average molecular weight is 371 g/mol. The lowest BCUT2D eigenvalue weighted by atomic mass is 9.66. The standard InChI is InChI=1S/C21H18BN3O3/c26-21(12-4-2-1-3-5-12)25-7-6-13-15-9-23-20-19(15)18-14(16(13)11-25)8-22(27)28-17(18)10-24-20/h1-5,8-10,13,16,27H,6-7,11H2,(H,23,24). The van der Waals surface area contributed by atoms with Crippen LogP contribution in [0.4, 0.5) is 0 Å². The van der Waals surface area contributed by atoms with Gasteiger partial charge in [0.1, 0.15) is 11.4 Å². The number of rotatable bonds is 1. The second kappa shape index (κ2) is 5.72. The van der Waals surface area contributed by atoms with Gasteiger partial charge in [-0.2, -0.15) is 0 Å². The largest absolute Gasteiger partial charge is 0.552 e. The summed E-state index contributed by atoms with van der Waals surface area (Å²) in [5.41, 5.74) is 4.90. The molecule has 0 spiro atoms. The molecule has 1 aliphatic carbocycles. The van der Waals surface area contributed by atoms with Crippen molar-refractivity contribution in [1.82, 2.24) is 14.9 Å². The van der Waals surface area contributed by atoms with Crippen molar-refractivity contribution in [3.05, 3.63) is 65.4 Å². The van der Waals surface area contributed by atoms with Crippen molar-refractivity contribution in [1.29, 1.82) is 0 Å². The molecule has 6 rings (SSSR count). The number of hydrogen-bond donors (Lipinski definition) is 2. The van der Waals surface area contributed by atoms with Crippen LogP contribution < -0.4 is 4.65 Å². The van der Waals surface area contributed by atoms with Crippen LogP contribution >= 0.6 is 0 Å². The molecule has 7 heteroatoms. The quantitative estimate of drug-likeness (QED) is 0.645. The first-order valence-corrected chi connectivity index (χ1v) is 9.62. The molecule has 0 bridgehead atoms. The summed E-state index contributed by atoms with van der Waals surface area (Å²) in [7, 11) is -0.983. The number of carbonyl (C=O) groups is 1. The Labute approximate surface area is 162 Å². The van der Waals surface area contributed by atoms with E-state index in [1.54, 1.807) is 12.2 Å². The molecule has 138 valence electrons. The molecule has 2 unspecified atom stereocenters. The zero-order chi connectivity index (χ0) is 18.8. The van der Waals surface area contributed by atoms with Crippen molar-refractivity contribution in [2.75, 3.05) is 13.1 Å². The lowest BCUT2D eigenvalue weighted by Crippen LogP contribution is -2.45. The van der Waals surface area contributed by atoms with Crippen molar-refractivity contribution in [3.63, 3.8) is 0 Å². The van der Waals surface area contributed by atoms with E-state index >= 15 is 0 Å². The Balaban J connectivity index is 1.44. The first kappa shape index (κ1) is 16.0. The monoisotopic (exact) mass is 371 g/mol. The molecule has 0 saturated carbocycles. The smallest absolute Gasteiger partial charge is 0.531 e. The first-order chi connectivity index (χ1) is 13.7. The molecular weight excluding hydrogens is 353 g/mol. The van der Waals surface area contributed by atoms with Gasteiger partial charge in [-0.05, 0) is 41.6 Å². The Bertz CT molecular complexity index is 1140. The van der Waals surface area contributed by atoms with Crippen LogP contribution in [0.2, 0.25) is 0 Å². The number of aromatic nitrogens is 2. The van der Waals surface area contributed by atoms with Gasteiger partial charge in [-0.1, -0.05) is 18.2 Å². The van der Waals surface area contributed by atoms with Crippen molar-refractivity contribution in [3.8, 4) is 5.75 Å². The van der Waals surface area contributed by atoms with E-state index in [-0.39, 0.29) is 11.8 Å². The predicted octanol–water partition coefficient (Wildman–Crippen LogP) is 2.62. The van der Waals surface area contributed by atoms with Crippen LogP contribution in [-0.2, 0) is 0 Å². The highest BCUT2D eigenvalue weighted by Gasteiger charge is 2.43. The minimum atomic E-state index is -0.983. The Morgan fingerprint density at radius 1 is 1.29 bits per heavy atom. The highest BCUT2D eigenvalue weighted by atomic mass is 16.5. The number of pyridine rings is 1. The third kappa shape index (κ3) is 2.13. The van der Waals surface area contributed by atoms with Crippen LogP contribution in [0.15, 0.2) is 48.7 Å². The number of amides is 1. The molecule has 6 nitrogen and oxygen atoms in total. The van der Waals surface area contributed by atoms with Crippen LogP contribution in [0.1, 0.15) is 33.8 Å². The lowest BCUT2D eigenvalue weighted by molar-refractivity contribution is 0.0682. The normalized spacial score (nSPS) is 22.5. The number of likely N-dealkylation sites (tertiary alicyclic amines) is 1. The zero-order valence-electron chi connectivity index (χ0n) is 15.1. The molecule has 1 aromatic carbocycles. The van der Waals surface area contributed by atoms with Crippen molar-refractivity contribution in [2.24, 2.45) is 5.92 Å². The Morgan fingerprint density at radius 3 is 3.00 bits per heavy atom. The number of H-pyrrole nitrogens is 1. The molecule has 1 amide bonds. The van der Waals surface area contributed by atoms with Crippen LogP contribution in [0.25, 0.3) is 16.6 Å². The number of benzene rings is 1. The van der Waals surface area contributed by atoms with E-state index in [1.165, 1.54) is 5.56 Å². The maximum Gasteiger partial charge on any atom is 0.552 e. The Hall–Kier alpha value is -3.06. The van der Waals surface area contributed by atoms with Crippen LogP contribution in [0, 0.1) is 5.92 Å². The van der Waals surface area contributed by atoms with E-state index in [0.29, 0.717) is 23.8 Å². The van der Waals surface area contributed by atoms with Crippen LogP contribution in [0.5, 0.6) is 5.75 Å². The van der Waals surface area contributed by atoms with Gasteiger partial charge in [0.2, 0.25) is 0 Å². The number of piperidine rings is 1. The average Bonchev–Trinajstić information content (AvgIpc) is 3.17. The molecule has 3 aromatic rings. The molecule has 1 fully saturated rings. The summed E-state index contributed by atoms with van der Waals surface area (Å²) in [5.74, 6) is 2.91. The summed E-state index contributed by atoms with van der Waals surface area (Å²) in [6.45, 7) is 1.35. The summed E-state index contributed by atoms with van der Waals surface area (Å²) in [6.07, 6.45) is 4.60. The second-order valence-electron chi connectivity index (χ2n) is 7.71. The van der Waals surface area contributed by atoms with Gasteiger partial charge in [-0.25, -0.2) is 4.98 Å². The summed E-state index contributed by atoms with van der Waals surface area (Å²) in [4.78, 5) is 22.7. The van der Waals surface area contributed by atoms with Gasteiger partial charge in [0, 0.05) is 41.7 Å². The highest BCUT2D eigenvalue weighted by molar-refractivity contribution is 6.52. The molecule has 4 heterocycles. The third-order valence-electron chi connectivity index (χ3n) is 6.28. The van der Waals surface area contributed by atoms with Gasteiger partial charge in [0.05, 0.1) is 6.20 Å². The Morgan fingerprint density at radius 2 is 2.14 bits per heavy atom. The number of nitrogens with zero attached hydrogens (tertiary/aromatic N) is 2. The first-order valence-electron chi connectivity index (χ1n) is 9.62. The van der Waals surface area contributed by atoms with E-state index < -0.39 is 7.12 Å². The molecule has 3 aliphatic rings. The molecule has 2 atom stereocenters. The summed E-state index contributed by atoms with van der Waals surface area (Å²) >= 11 is 0. The SMILES string of the molecule is O=C(c1ccccc1)N1CCC2c3c[nH]c4ncc5c(c34)C(=CB(O)O5)C2C1. The lowest BCUT2D eigenvalue weighted by Gasteiger charge is -2.43. The topological polar surface area (TPSA) is 78.5 Å². The number of nitrogens with one attached hydrogen (secondary N) is 1. The maximum atomic E-state index is 13.0. The predicted molar refractivity (Wildman–Crippen MR) is 106 cm³/mol. The van der Waals surface area contributed by atoms with Crippen LogP contribution in [-0.4, -0.2) is 46.0 Å². The molecule has 28 heavy (non-hydrogen) atoms. The van der Waals surface area contributed by atoms with Gasteiger partial charge in [0.15, 0.2) is 0 Å². The molecular formula is C21H18BN3O3. The highest BCUT2D eigenvalue weighted by Crippen LogP contribution is 2.53. The molecule has 2 aromatic heterocycles.